The van der Waals surface area contributed by atoms with E-state index in [4.69, 9.17) is 0 Å². The molecule has 27 heavy (non-hydrogen) atoms. The number of hydrogen-bond acceptors (Lipinski definition) is 4. The second-order valence-electron chi connectivity index (χ2n) is 7.58. The Bertz CT molecular complexity index is 906. The van der Waals surface area contributed by atoms with Gasteiger partial charge in [-0.05, 0) is 44.4 Å². The number of carbonyl (C=O) groups is 2. The van der Waals surface area contributed by atoms with Crippen molar-refractivity contribution in [3.05, 3.63) is 46.8 Å². The average molecular weight is 368 g/mol. The lowest BCUT2D eigenvalue weighted by atomic mass is 10.1. The monoisotopic (exact) mass is 368 g/mol. The molecule has 1 aromatic heterocycles. The third kappa shape index (κ3) is 2.87. The van der Waals surface area contributed by atoms with Gasteiger partial charge < -0.3 is 14.9 Å². The number of fused-ring (bicyclic) bond motifs is 2. The largest absolute Gasteiger partial charge is 0.508 e. The molecule has 142 valence electrons. The predicted molar refractivity (Wildman–Crippen MR) is 99.7 cm³/mol. The Morgan fingerprint density at radius 2 is 1.78 bits per heavy atom. The first-order chi connectivity index (χ1) is 12.9. The number of aromatic hydroxyl groups is 1. The summed E-state index contributed by atoms with van der Waals surface area (Å²) >= 11 is 0. The van der Waals surface area contributed by atoms with E-state index in [1.54, 1.807) is 29.9 Å². The first kappa shape index (κ1) is 17.6. The number of piperazine rings is 1. The summed E-state index contributed by atoms with van der Waals surface area (Å²) < 4.78 is 1.70. The number of rotatable bonds is 2. The van der Waals surface area contributed by atoms with Crippen LogP contribution in [0, 0.1) is 13.8 Å². The quantitative estimate of drug-likeness (QED) is 0.878. The van der Waals surface area contributed by atoms with Crippen LogP contribution in [0.1, 0.15) is 44.8 Å². The molecular weight excluding hydrogens is 344 g/mol. The Hall–Kier alpha value is -2.83. The zero-order chi connectivity index (χ0) is 19.3. The van der Waals surface area contributed by atoms with Gasteiger partial charge in [0.15, 0.2) is 0 Å². The molecule has 2 aliphatic rings. The molecule has 3 heterocycles. The van der Waals surface area contributed by atoms with E-state index in [0.29, 0.717) is 24.2 Å². The molecule has 2 fully saturated rings. The molecule has 2 amide bonds. The number of carbonyl (C=O) groups excluding carboxylic acids is 2. The highest BCUT2D eigenvalue weighted by Gasteiger charge is 2.44. The Labute approximate surface area is 158 Å². The van der Waals surface area contributed by atoms with E-state index in [2.05, 4.69) is 5.10 Å². The zero-order valence-corrected chi connectivity index (χ0v) is 15.8. The van der Waals surface area contributed by atoms with Crippen LogP contribution in [0.4, 0.5) is 0 Å². The van der Waals surface area contributed by atoms with Crippen LogP contribution < -0.4 is 0 Å². The van der Waals surface area contributed by atoms with Gasteiger partial charge in [-0.25, -0.2) is 0 Å². The van der Waals surface area contributed by atoms with Gasteiger partial charge in [-0.1, -0.05) is 6.07 Å². The minimum atomic E-state index is -0.0672. The summed E-state index contributed by atoms with van der Waals surface area (Å²) in [6, 6.07) is 5.08. The van der Waals surface area contributed by atoms with E-state index in [1.807, 2.05) is 23.8 Å². The molecule has 2 aliphatic heterocycles. The van der Waals surface area contributed by atoms with Gasteiger partial charge in [-0.15, -0.1) is 0 Å². The average Bonchev–Trinajstić information content (AvgIpc) is 3.12. The Morgan fingerprint density at radius 3 is 2.33 bits per heavy atom. The Kier molecular flexibility index (Phi) is 4.17. The summed E-state index contributed by atoms with van der Waals surface area (Å²) in [6.45, 7) is 4.76. The minimum Gasteiger partial charge on any atom is -0.508 e. The van der Waals surface area contributed by atoms with Gasteiger partial charge in [0.2, 0.25) is 0 Å². The number of nitrogens with zero attached hydrogens (tertiary/aromatic N) is 4. The normalized spacial score (nSPS) is 21.6. The number of amides is 2. The van der Waals surface area contributed by atoms with E-state index in [-0.39, 0.29) is 29.6 Å². The molecule has 2 atom stereocenters. The first-order valence-electron chi connectivity index (χ1n) is 9.27. The van der Waals surface area contributed by atoms with Crippen LogP contribution in [0.25, 0.3) is 0 Å². The Morgan fingerprint density at radius 1 is 1.11 bits per heavy atom. The fourth-order valence-corrected chi connectivity index (χ4v) is 4.17. The Balaban J connectivity index is 1.53. The number of benzene rings is 1. The first-order valence-corrected chi connectivity index (χ1v) is 9.27. The number of hydrogen-bond donors (Lipinski definition) is 1. The maximum atomic E-state index is 13.0. The number of aromatic nitrogens is 2. The highest BCUT2D eigenvalue weighted by Crippen LogP contribution is 2.33. The lowest BCUT2D eigenvalue weighted by Crippen LogP contribution is -2.57. The van der Waals surface area contributed by atoms with Crippen LogP contribution >= 0.6 is 0 Å². The van der Waals surface area contributed by atoms with Crippen molar-refractivity contribution in [3.63, 3.8) is 0 Å². The van der Waals surface area contributed by atoms with Gasteiger partial charge >= 0.3 is 0 Å². The topological polar surface area (TPSA) is 78.7 Å². The van der Waals surface area contributed by atoms with E-state index < -0.39 is 0 Å². The number of phenols is 1. The highest BCUT2D eigenvalue weighted by molar-refractivity contribution is 5.97. The molecular formula is C20H24N4O3. The second-order valence-corrected chi connectivity index (χ2v) is 7.58. The lowest BCUT2D eigenvalue weighted by molar-refractivity contribution is 0.0359. The van der Waals surface area contributed by atoms with Crippen molar-refractivity contribution in [2.45, 2.75) is 38.8 Å². The van der Waals surface area contributed by atoms with Crippen LogP contribution in [-0.4, -0.2) is 61.7 Å². The number of phenolic OH excluding ortho intramolecular Hbond substituents is 1. The van der Waals surface area contributed by atoms with Crippen LogP contribution in [0.5, 0.6) is 5.75 Å². The number of likely N-dealkylation sites (tertiary alicyclic amines) is 1. The van der Waals surface area contributed by atoms with Crippen LogP contribution in [0.15, 0.2) is 24.4 Å². The third-order valence-electron chi connectivity index (χ3n) is 5.93. The molecule has 4 rings (SSSR count). The van der Waals surface area contributed by atoms with Crippen LogP contribution in [0.2, 0.25) is 0 Å². The van der Waals surface area contributed by atoms with Gasteiger partial charge in [-0.3, -0.25) is 14.3 Å². The van der Waals surface area contributed by atoms with Crippen LogP contribution in [-0.2, 0) is 7.05 Å². The summed E-state index contributed by atoms with van der Waals surface area (Å²) in [4.78, 5) is 29.7. The fourth-order valence-electron chi connectivity index (χ4n) is 4.17. The van der Waals surface area contributed by atoms with Crippen molar-refractivity contribution in [1.82, 2.24) is 19.6 Å². The summed E-state index contributed by atoms with van der Waals surface area (Å²) in [6.07, 6.45) is 3.40. The van der Waals surface area contributed by atoms with Gasteiger partial charge in [0.1, 0.15) is 5.75 Å². The number of aryl methyl sites for hydroxylation is 2. The summed E-state index contributed by atoms with van der Waals surface area (Å²) in [5.74, 6) is 0.0501. The molecule has 7 heteroatoms. The molecule has 0 spiro atoms. The lowest BCUT2D eigenvalue weighted by Gasteiger charge is -2.41. The maximum Gasteiger partial charge on any atom is 0.257 e. The molecule has 2 aromatic rings. The third-order valence-corrected chi connectivity index (χ3v) is 5.93. The van der Waals surface area contributed by atoms with Crippen molar-refractivity contribution < 1.29 is 14.7 Å². The van der Waals surface area contributed by atoms with Crippen molar-refractivity contribution >= 4 is 11.8 Å². The van der Waals surface area contributed by atoms with Crippen molar-refractivity contribution in [2.24, 2.45) is 7.05 Å². The van der Waals surface area contributed by atoms with E-state index in [1.165, 1.54) is 6.07 Å². The molecule has 2 saturated heterocycles. The highest BCUT2D eigenvalue weighted by atomic mass is 16.3. The molecule has 0 aliphatic carbocycles. The van der Waals surface area contributed by atoms with Crippen molar-refractivity contribution in [3.8, 4) is 5.75 Å². The molecule has 2 unspecified atom stereocenters. The van der Waals surface area contributed by atoms with E-state index >= 15 is 0 Å². The van der Waals surface area contributed by atoms with Gasteiger partial charge in [0.25, 0.3) is 11.8 Å². The summed E-state index contributed by atoms with van der Waals surface area (Å²) in [5, 5.41) is 14.1. The van der Waals surface area contributed by atoms with Crippen molar-refractivity contribution in [2.75, 3.05) is 13.1 Å². The van der Waals surface area contributed by atoms with Gasteiger partial charge in [0, 0.05) is 31.4 Å². The molecule has 0 radical (unpaired) electrons. The predicted octanol–water partition coefficient (Wildman–Crippen LogP) is 1.87. The summed E-state index contributed by atoms with van der Waals surface area (Å²) in [5.41, 5.74) is 2.72. The van der Waals surface area contributed by atoms with Gasteiger partial charge in [-0.2, -0.15) is 5.10 Å². The minimum absolute atomic E-state index is 0.0145. The summed E-state index contributed by atoms with van der Waals surface area (Å²) in [7, 11) is 1.82. The molecule has 0 saturated carbocycles. The fraction of sp³-hybridized carbons (Fsp3) is 0.450. The molecule has 1 N–H and O–H groups in total. The molecule has 2 bridgehead atoms. The maximum absolute atomic E-state index is 13.0. The van der Waals surface area contributed by atoms with Crippen LogP contribution in [0.3, 0.4) is 0 Å². The smallest absolute Gasteiger partial charge is 0.257 e. The van der Waals surface area contributed by atoms with Crippen molar-refractivity contribution in [1.29, 1.82) is 0 Å². The standard InChI is InChI=1S/C20H24N4O3/c1-12-4-5-14(8-18(12)25)19(26)24-15-6-7-16(24)11-23(10-15)20(27)17-9-21-22(3)13(17)2/h4-5,8-9,15-16,25H,6-7,10-11H2,1-3H3. The second kappa shape index (κ2) is 6.40. The van der Waals surface area contributed by atoms with E-state index in [9.17, 15) is 14.7 Å². The molecule has 7 nitrogen and oxygen atoms in total. The SMILES string of the molecule is Cc1ccc(C(=O)N2C3CCC2CN(C(=O)c2cnn(C)c2C)C3)cc1O. The zero-order valence-electron chi connectivity index (χ0n) is 15.8. The van der Waals surface area contributed by atoms with E-state index in [0.717, 1.165) is 24.1 Å². The molecule has 1 aromatic carbocycles. The van der Waals surface area contributed by atoms with Gasteiger partial charge in [0.05, 0.1) is 23.8 Å².